The average molecular weight is 416 g/mol. The Kier molecular flexibility index (Phi) is 5.44. The zero-order valence-corrected chi connectivity index (χ0v) is 17.3. The van der Waals surface area contributed by atoms with E-state index in [0.29, 0.717) is 25.1 Å². The Bertz CT molecular complexity index is 959. The highest BCUT2D eigenvalue weighted by molar-refractivity contribution is 5.79. The van der Waals surface area contributed by atoms with Crippen molar-refractivity contribution in [3.8, 4) is 17.0 Å². The fourth-order valence-electron chi connectivity index (χ4n) is 4.81. The van der Waals surface area contributed by atoms with Crippen molar-refractivity contribution in [2.24, 2.45) is 5.92 Å². The number of nitrogens with one attached hydrogen (secondary N) is 1. The molecule has 160 valence electrons. The Labute approximate surface area is 174 Å². The zero-order valence-electron chi connectivity index (χ0n) is 17.3. The van der Waals surface area contributed by atoms with Crippen LogP contribution in [0.4, 0.5) is 14.6 Å². The molecule has 1 aromatic carbocycles. The molecule has 2 saturated heterocycles. The maximum atomic E-state index is 14.0. The molecule has 0 amide bonds. The van der Waals surface area contributed by atoms with Crippen molar-refractivity contribution in [3.05, 3.63) is 34.9 Å². The number of rotatable bonds is 4. The summed E-state index contributed by atoms with van der Waals surface area (Å²) in [6.45, 7) is 6.44. The zero-order chi connectivity index (χ0) is 21.6. The lowest BCUT2D eigenvalue weighted by Crippen LogP contribution is -2.52. The smallest absolute Gasteiger partial charge is 0.267 e. The molecule has 30 heavy (non-hydrogen) atoms. The van der Waals surface area contributed by atoms with Crippen molar-refractivity contribution < 1.29 is 18.7 Å². The fourth-order valence-corrected chi connectivity index (χ4v) is 4.81. The highest BCUT2D eigenvalue weighted by Crippen LogP contribution is 2.39. The number of hydrogen-bond donors (Lipinski definition) is 2. The third-order valence-electron chi connectivity index (χ3n) is 6.30. The van der Waals surface area contributed by atoms with Crippen LogP contribution in [0.25, 0.3) is 11.3 Å². The van der Waals surface area contributed by atoms with Gasteiger partial charge in [-0.1, -0.05) is 6.07 Å². The third kappa shape index (κ3) is 3.64. The Hall–Kier alpha value is -2.61. The number of alkyl halides is 2. The van der Waals surface area contributed by atoms with E-state index in [2.05, 4.69) is 15.5 Å². The van der Waals surface area contributed by atoms with Gasteiger partial charge in [-0.3, -0.25) is 4.79 Å². The van der Waals surface area contributed by atoms with E-state index in [1.54, 1.807) is 19.9 Å². The van der Waals surface area contributed by atoms with Crippen LogP contribution >= 0.6 is 0 Å². The molecule has 0 radical (unpaired) electrons. The van der Waals surface area contributed by atoms with Gasteiger partial charge < -0.3 is 15.3 Å². The van der Waals surface area contributed by atoms with E-state index in [9.17, 15) is 18.7 Å². The van der Waals surface area contributed by atoms with E-state index >= 15 is 0 Å². The fraction of sp³-hybridized carbons (Fsp3) is 0.500. The van der Waals surface area contributed by atoms with Crippen molar-refractivity contribution in [2.75, 3.05) is 18.0 Å². The monoisotopic (exact) mass is 416 g/mol. The average Bonchev–Trinajstić information content (AvgIpc) is 3.10. The van der Waals surface area contributed by atoms with E-state index in [-0.39, 0.29) is 46.6 Å². The molecule has 6 nitrogen and oxygen atoms in total. The van der Waals surface area contributed by atoms with Crippen LogP contribution in [0.5, 0.6) is 5.75 Å². The van der Waals surface area contributed by atoms with Gasteiger partial charge in [0.1, 0.15) is 11.5 Å². The Morgan fingerprint density at radius 2 is 2.03 bits per heavy atom. The third-order valence-corrected chi connectivity index (χ3v) is 6.30. The lowest BCUT2D eigenvalue weighted by atomic mass is 9.88. The van der Waals surface area contributed by atoms with Crippen LogP contribution in [0, 0.1) is 19.8 Å². The Balaban J connectivity index is 1.72. The van der Waals surface area contributed by atoms with E-state index in [0.717, 1.165) is 17.5 Å². The van der Waals surface area contributed by atoms with Crippen molar-refractivity contribution in [1.82, 2.24) is 15.5 Å². The number of hydrogen-bond acceptors (Lipinski definition) is 6. The molecular formula is C22H26F2N4O2. The van der Waals surface area contributed by atoms with Gasteiger partial charge in [-0.15, -0.1) is 10.2 Å². The lowest BCUT2D eigenvalue weighted by molar-refractivity contribution is -0.121. The number of carbonyl (C=O) groups excluding carboxylic acids is 1. The number of aromatic nitrogens is 2. The predicted octanol–water partition coefficient (Wildman–Crippen LogP) is 3.55. The number of phenolic OH excluding ortho intramolecular Hbond substituents is 1. The first-order valence-corrected chi connectivity index (χ1v) is 10.2. The maximum Gasteiger partial charge on any atom is 0.267 e. The first kappa shape index (κ1) is 20.7. The Morgan fingerprint density at radius 1 is 1.27 bits per heavy atom. The summed E-state index contributed by atoms with van der Waals surface area (Å²) in [7, 11) is 0. The van der Waals surface area contributed by atoms with Crippen LogP contribution < -0.4 is 10.2 Å². The normalized spacial score (nSPS) is 23.7. The Morgan fingerprint density at radius 3 is 2.70 bits per heavy atom. The van der Waals surface area contributed by atoms with Gasteiger partial charge in [0.15, 0.2) is 5.82 Å². The van der Waals surface area contributed by atoms with Gasteiger partial charge in [-0.2, -0.15) is 0 Å². The predicted molar refractivity (Wildman–Crippen MR) is 110 cm³/mol. The molecule has 1 aromatic heterocycles. The van der Waals surface area contributed by atoms with Gasteiger partial charge in [0.05, 0.1) is 11.3 Å². The summed E-state index contributed by atoms with van der Waals surface area (Å²) in [6.07, 6.45) is -1.31. The highest BCUT2D eigenvalue weighted by Gasteiger charge is 2.42. The molecule has 3 heterocycles. The van der Waals surface area contributed by atoms with Gasteiger partial charge >= 0.3 is 0 Å². The van der Waals surface area contributed by atoms with Crippen LogP contribution in [-0.2, 0) is 4.79 Å². The van der Waals surface area contributed by atoms with Gasteiger partial charge in [0.25, 0.3) is 6.43 Å². The summed E-state index contributed by atoms with van der Waals surface area (Å²) >= 11 is 0. The van der Waals surface area contributed by atoms with Gasteiger partial charge in [0.2, 0.25) is 0 Å². The number of fused-ring (bicyclic) bond motifs is 1. The molecule has 0 aliphatic carbocycles. The van der Waals surface area contributed by atoms with Crippen molar-refractivity contribution in [1.29, 1.82) is 0 Å². The SMILES string of the molecule is CC(=O)C1CN[C@@H]2CCN(c3nnc(-c4c(C)cc(C)cc4O)cc3C(F)F)[C@@H]2C1. The van der Waals surface area contributed by atoms with Crippen molar-refractivity contribution in [3.63, 3.8) is 0 Å². The number of piperidine rings is 1. The van der Waals surface area contributed by atoms with Crippen LogP contribution in [0.3, 0.4) is 0 Å². The quantitative estimate of drug-likeness (QED) is 0.794. The molecule has 2 aromatic rings. The van der Waals surface area contributed by atoms with Crippen LogP contribution in [0.2, 0.25) is 0 Å². The number of ketones is 1. The molecule has 1 unspecified atom stereocenters. The number of benzene rings is 1. The van der Waals surface area contributed by atoms with Crippen LogP contribution in [0.1, 0.15) is 42.9 Å². The minimum atomic E-state index is -2.73. The summed E-state index contributed by atoms with van der Waals surface area (Å²) < 4.78 is 28.1. The molecule has 8 heteroatoms. The minimum absolute atomic E-state index is 0.00298. The number of Topliss-reactive ketones (excluding diaryl/α,β-unsaturated/α-hetero) is 1. The molecule has 0 saturated carbocycles. The van der Waals surface area contributed by atoms with E-state index in [4.69, 9.17) is 0 Å². The van der Waals surface area contributed by atoms with Crippen molar-refractivity contribution >= 4 is 11.6 Å². The summed E-state index contributed by atoms with van der Waals surface area (Å²) in [6, 6.07) is 4.86. The van der Waals surface area contributed by atoms with Crippen LogP contribution in [-0.4, -0.2) is 46.3 Å². The number of halogens is 2. The number of carbonyl (C=O) groups is 1. The molecule has 0 spiro atoms. The summed E-state index contributed by atoms with van der Waals surface area (Å²) in [4.78, 5) is 13.7. The standard InChI is InChI=1S/C22H26F2N4O2/c1-11-6-12(2)20(19(30)7-11)17-9-15(21(23)24)22(27-26-17)28-5-4-16-18(28)8-14(10-25-16)13(3)29/h6-7,9,14,16,18,21,25,30H,4-5,8,10H2,1-3H3/t14?,16-,18-/m1/s1. The second-order valence-electron chi connectivity index (χ2n) is 8.39. The van der Waals surface area contributed by atoms with E-state index in [1.165, 1.54) is 6.07 Å². The molecule has 0 bridgehead atoms. The van der Waals surface area contributed by atoms with E-state index < -0.39 is 6.43 Å². The number of nitrogens with zero attached hydrogens (tertiary/aromatic N) is 3. The first-order chi connectivity index (χ1) is 14.3. The largest absolute Gasteiger partial charge is 0.507 e. The van der Waals surface area contributed by atoms with Gasteiger partial charge in [-0.05, 0) is 56.9 Å². The van der Waals surface area contributed by atoms with Crippen molar-refractivity contribution in [2.45, 2.75) is 52.1 Å². The molecule has 3 atom stereocenters. The molecule has 2 aliphatic rings. The topological polar surface area (TPSA) is 78.4 Å². The van der Waals surface area contributed by atoms with E-state index in [1.807, 2.05) is 17.9 Å². The molecule has 4 rings (SSSR count). The molecule has 2 N–H and O–H groups in total. The number of aromatic hydroxyl groups is 1. The second kappa shape index (κ2) is 7.91. The maximum absolute atomic E-state index is 14.0. The minimum Gasteiger partial charge on any atom is -0.507 e. The summed E-state index contributed by atoms with van der Waals surface area (Å²) in [5.41, 5.74) is 2.06. The molecule has 2 aliphatic heterocycles. The second-order valence-corrected chi connectivity index (χ2v) is 8.39. The lowest BCUT2D eigenvalue weighted by Gasteiger charge is -2.36. The number of anilines is 1. The first-order valence-electron chi connectivity index (χ1n) is 10.2. The summed E-state index contributed by atoms with van der Waals surface area (Å²) in [5, 5.41) is 22.2. The number of aryl methyl sites for hydroxylation is 2. The molecule has 2 fully saturated rings. The number of phenols is 1. The van der Waals surface area contributed by atoms with Gasteiger partial charge in [-0.25, -0.2) is 8.78 Å². The summed E-state index contributed by atoms with van der Waals surface area (Å²) in [5.74, 6) is 0.142. The van der Waals surface area contributed by atoms with Gasteiger partial charge in [0, 0.05) is 36.7 Å². The molecular weight excluding hydrogens is 390 g/mol. The van der Waals surface area contributed by atoms with Crippen LogP contribution in [0.15, 0.2) is 18.2 Å². The highest BCUT2D eigenvalue weighted by atomic mass is 19.3.